The van der Waals surface area contributed by atoms with Crippen molar-refractivity contribution >= 4 is 33.7 Å². The highest BCUT2D eigenvalue weighted by molar-refractivity contribution is 6.68. The van der Waals surface area contributed by atoms with E-state index in [1.165, 1.54) is 36.4 Å². The van der Waals surface area contributed by atoms with E-state index in [9.17, 15) is 19.8 Å². The predicted molar refractivity (Wildman–Crippen MR) is 75.6 cm³/mol. The van der Waals surface area contributed by atoms with Gasteiger partial charge in [0.1, 0.15) is 11.5 Å². The van der Waals surface area contributed by atoms with E-state index in [1.54, 1.807) is 0 Å². The van der Waals surface area contributed by atoms with E-state index in [-0.39, 0.29) is 33.8 Å². The summed E-state index contributed by atoms with van der Waals surface area (Å²) in [6, 6.07) is 7.90. The van der Waals surface area contributed by atoms with Gasteiger partial charge in [-0.2, -0.15) is 0 Å². The number of rotatable bonds is 3. The highest BCUT2D eigenvalue weighted by Crippen LogP contribution is 2.37. The maximum absolute atomic E-state index is 11.1. The highest BCUT2D eigenvalue weighted by Gasteiger charge is 2.14. The molecule has 0 atom stereocenters. The Bertz CT molecular complexity index is 649. The molecule has 20 heavy (non-hydrogen) atoms. The van der Waals surface area contributed by atoms with Crippen LogP contribution in [0.15, 0.2) is 36.4 Å². The third-order valence-electron chi connectivity index (χ3n) is 2.74. The molecule has 0 saturated carbocycles. The molecule has 0 amide bonds. The first-order valence-corrected chi connectivity index (χ1v) is 6.22. The molecule has 0 spiro atoms. The van der Waals surface area contributed by atoms with Gasteiger partial charge < -0.3 is 10.2 Å². The number of hydrogen-bond donors (Lipinski definition) is 2. The number of aromatic hydroxyl groups is 2. The summed E-state index contributed by atoms with van der Waals surface area (Å²) in [6.45, 7) is 0. The summed E-state index contributed by atoms with van der Waals surface area (Å²) in [4.78, 5) is 22.3. The summed E-state index contributed by atoms with van der Waals surface area (Å²) >= 11 is 10.8. The Morgan fingerprint density at radius 2 is 1.10 bits per heavy atom. The van der Waals surface area contributed by atoms with Gasteiger partial charge in [-0.05, 0) is 59.6 Å². The number of phenolic OH excluding ortho intramolecular Hbond substituents is 2. The van der Waals surface area contributed by atoms with Crippen LogP contribution in [0.4, 0.5) is 0 Å². The summed E-state index contributed by atoms with van der Waals surface area (Å²) in [5, 5.41) is 18.3. The lowest BCUT2D eigenvalue weighted by Crippen LogP contribution is -1.93. The largest absolute Gasteiger partial charge is 0.507 e. The van der Waals surface area contributed by atoms with Crippen LogP contribution in [0.3, 0.4) is 0 Å². The minimum absolute atomic E-state index is 0.154. The molecule has 2 aromatic rings. The van der Waals surface area contributed by atoms with E-state index in [0.29, 0.717) is 0 Å². The molecule has 2 N–H and O–H groups in total. The number of hydrogen-bond acceptors (Lipinski definition) is 4. The predicted octanol–water partition coefficient (Wildman–Crippen LogP) is 3.52. The third-order valence-corrected chi connectivity index (χ3v) is 3.17. The minimum Gasteiger partial charge on any atom is -0.507 e. The molecule has 0 heterocycles. The van der Waals surface area contributed by atoms with E-state index in [4.69, 9.17) is 23.2 Å². The number of carbonyl (C=O) groups is 2. The molecule has 102 valence electrons. The fourth-order valence-electron chi connectivity index (χ4n) is 1.75. The van der Waals surface area contributed by atoms with Gasteiger partial charge in [-0.15, -0.1) is 0 Å². The topological polar surface area (TPSA) is 74.6 Å². The van der Waals surface area contributed by atoms with Gasteiger partial charge in [0, 0.05) is 22.3 Å². The number of halogens is 2. The Morgan fingerprint density at radius 3 is 1.40 bits per heavy atom. The van der Waals surface area contributed by atoms with Crippen LogP contribution < -0.4 is 0 Å². The lowest BCUT2D eigenvalue weighted by atomic mass is 9.99. The van der Waals surface area contributed by atoms with Crippen molar-refractivity contribution in [1.82, 2.24) is 0 Å². The number of benzene rings is 2. The fraction of sp³-hybridized carbons (Fsp3) is 0. The van der Waals surface area contributed by atoms with E-state index in [0.717, 1.165) is 0 Å². The smallest absolute Gasteiger partial charge is 0.252 e. The van der Waals surface area contributed by atoms with Crippen molar-refractivity contribution in [3.05, 3.63) is 47.5 Å². The first-order valence-electron chi connectivity index (χ1n) is 5.46. The van der Waals surface area contributed by atoms with Gasteiger partial charge in [0.05, 0.1) is 0 Å². The Morgan fingerprint density at radius 1 is 0.750 bits per heavy atom. The van der Waals surface area contributed by atoms with Crippen molar-refractivity contribution < 1.29 is 19.8 Å². The van der Waals surface area contributed by atoms with E-state index in [1.807, 2.05) is 0 Å². The van der Waals surface area contributed by atoms with Crippen LogP contribution in [-0.2, 0) is 0 Å². The first-order chi connectivity index (χ1) is 9.40. The summed E-state index contributed by atoms with van der Waals surface area (Å²) < 4.78 is 0. The van der Waals surface area contributed by atoms with Crippen LogP contribution in [0.25, 0.3) is 11.1 Å². The van der Waals surface area contributed by atoms with Crippen LogP contribution in [0.1, 0.15) is 20.7 Å². The second kappa shape index (κ2) is 5.53. The molecule has 6 heteroatoms. The SMILES string of the molecule is O=C(Cl)c1ccc(O)c(-c2cc(C(=O)Cl)ccc2O)c1. The maximum atomic E-state index is 11.1. The van der Waals surface area contributed by atoms with Crippen LogP contribution in [-0.4, -0.2) is 20.7 Å². The molecule has 0 radical (unpaired) electrons. The van der Waals surface area contributed by atoms with Crippen molar-refractivity contribution in [2.24, 2.45) is 0 Å². The van der Waals surface area contributed by atoms with Gasteiger partial charge in [0.15, 0.2) is 0 Å². The lowest BCUT2D eigenvalue weighted by molar-refractivity contribution is 0.107. The number of carbonyl (C=O) groups excluding carboxylic acids is 2. The molecule has 0 aliphatic heterocycles. The van der Waals surface area contributed by atoms with E-state index >= 15 is 0 Å². The minimum atomic E-state index is -0.699. The van der Waals surface area contributed by atoms with Crippen LogP contribution >= 0.6 is 23.2 Å². The second-order valence-corrected chi connectivity index (χ2v) is 4.70. The van der Waals surface area contributed by atoms with Crippen molar-refractivity contribution in [3.8, 4) is 22.6 Å². The van der Waals surface area contributed by atoms with Crippen molar-refractivity contribution in [1.29, 1.82) is 0 Å². The van der Waals surface area contributed by atoms with Crippen LogP contribution in [0.5, 0.6) is 11.5 Å². The standard InChI is InChI=1S/C14H8Cl2O4/c15-13(19)7-1-3-11(17)9(5-7)10-6-8(14(16)20)2-4-12(10)18/h1-6,17-18H. The van der Waals surface area contributed by atoms with Gasteiger partial charge >= 0.3 is 0 Å². The first kappa shape index (κ1) is 14.4. The average Bonchev–Trinajstić information content (AvgIpc) is 2.39. The molecule has 0 saturated heterocycles. The summed E-state index contributed by atoms with van der Waals surface area (Å²) in [6.07, 6.45) is 0. The molecule has 0 bridgehead atoms. The molecule has 4 nitrogen and oxygen atoms in total. The molecule has 0 aliphatic rings. The van der Waals surface area contributed by atoms with Gasteiger partial charge in [-0.25, -0.2) is 0 Å². The Balaban J connectivity index is 2.67. The molecule has 2 aromatic carbocycles. The molecule has 0 unspecified atom stereocenters. The summed E-state index contributed by atoms with van der Waals surface area (Å²) in [5.74, 6) is -0.331. The van der Waals surface area contributed by atoms with Crippen LogP contribution in [0, 0.1) is 0 Å². The molecule has 2 rings (SSSR count). The molecular formula is C14H8Cl2O4. The van der Waals surface area contributed by atoms with Crippen molar-refractivity contribution in [3.63, 3.8) is 0 Å². The molecule has 0 aromatic heterocycles. The zero-order chi connectivity index (χ0) is 14.9. The van der Waals surface area contributed by atoms with Crippen molar-refractivity contribution in [2.45, 2.75) is 0 Å². The van der Waals surface area contributed by atoms with Gasteiger partial charge in [0.2, 0.25) is 0 Å². The Kier molecular flexibility index (Phi) is 3.97. The Labute approximate surface area is 124 Å². The number of phenols is 2. The zero-order valence-corrected chi connectivity index (χ0v) is 11.4. The van der Waals surface area contributed by atoms with Gasteiger partial charge in [0.25, 0.3) is 10.5 Å². The average molecular weight is 311 g/mol. The van der Waals surface area contributed by atoms with E-state index < -0.39 is 10.5 Å². The quantitative estimate of drug-likeness (QED) is 0.851. The van der Waals surface area contributed by atoms with Gasteiger partial charge in [-0.3, -0.25) is 9.59 Å². The van der Waals surface area contributed by atoms with Crippen LogP contribution in [0.2, 0.25) is 0 Å². The zero-order valence-electron chi connectivity index (χ0n) is 9.93. The highest BCUT2D eigenvalue weighted by atomic mass is 35.5. The maximum Gasteiger partial charge on any atom is 0.252 e. The normalized spacial score (nSPS) is 10.3. The fourth-order valence-corrected chi connectivity index (χ4v) is 1.98. The van der Waals surface area contributed by atoms with Crippen molar-refractivity contribution in [2.75, 3.05) is 0 Å². The molecule has 0 aliphatic carbocycles. The lowest BCUT2D eigenvalue weighted by Gasteiger charge is -2.09. The van der Waals surface area contributed by atoms with E-state index in [2.05, 4.69) is 0 Å². The monoisotopic (exact) mass is 310 g/mol. The summed E-state index contributed by atoms with van der Waals surface area (Å²) in [7, 11) is 0. The molecular weight excluding hydrogens is 303 g/mol. The summed E-state index contributed by atoms with van der Waals surface area (Å²) in [5.41, 5.74) is 0.658. The Hall–Kier alpha value is -2.04. The second-order valence-electron chi connectivity index (χ2n) is 4.01. The van der Waals surface area contributed by atoms with Gasteiger partial charge in [-0.1, -0.05) is 0 Å². The molecule has 0 fully saturated rings. The third kappa shape index (κ3) is 2.76.